The Labute approximate surface area is 217 Å². The lowest BCUT2D eigenvalue weighted by atomic mass is 9.92. The number of carbonyl (C=O) groups excluding carboxylic acids is 2. The second-order valence-corrected chi connectivity index (χ2v) is 9.93. The molecule has 1 aliphatic rings. The van der Waals surface area contributed by atoms with E-state index in [1.165, 1.54) is 4.90 Å². The first-order valence-corrected chi connectivity index (χ1v) is 12.4. The summed E-state index contributed by atoms with van der Waals surface area (Å²) in [6.45, 7) is 4.24. The van der Waals surface area contributed by atoms with Crippen LogP contribution in [0.25, 0.3) is 16.5 Å². The maximum atomic E-state index is 13.6. The molecule has 0 bridgehead atoms. The predicted octanol–water partition coefficient (Wildman–Crippen LogP) is 6.66. The van der Waals surface area contributed by atoms with Gasteiger partial charge >= 0.3 is 0 Å². The van der Waals surface area contributed by atoms with Crippen molar-refractivity contribution in [3.8, 4) is 0 Å². The van der Waals surface area contributed by atoms with Crippen LogP contribution in [0.3, 0.4) is 0 Å². The smallest absolute Gasteiger partial charge is 0.300 e. The molecule has 0 spiro atoms. The Morgan fingerprint density at radius 3 is 2.14 bits per heavy atom. The van der Waals surface area contributed by atoms with Gasteiger partial charge in [0.25, 0.3) is 11.7 Å². The monoisotopic (exact) mass is 490 g/mol. The fourth-order valence-electron chi connectivity index (χ4n) is 4.97. The van der Waals surface area contributed by atoms with Crippen LogP contribution in [-0.2, 0) is 9.59 Å². The minimum Gasteiger partial charge on any atom is -0.507 e. The van der Waals surface area contributed by atoms with Crippen LogP contribution >= 0.6 is 0 Å². The minimum atomic E-state index is -0.759. The Morgan fingerprint density at radius 1 is 0.838 bits per heavy atom. The van der Waals surface area contributed by atoms with Crippen LogP contribution in [0.1, 0.15) is 42.5 Å². The molecule has 1 aliphatic heterocycles. The van der Waals surface area contributed by atoms with Crippen molar-refractivity contribution in [2.45, 2.75) is 25.8 Å². The Hall–Kier alpha value is -4.38. The molecule has 0 radical (unpaired) electrons. The maximum Gasteiger partial charge on any atom is 0.300 e. The van der Waals surface area contributed by atoms with Crippen molar-refractivity contribution in [3.05, 3.63) is 113 Å². The highest BCUT2D eigenvalue weighted by atomic mass is 16.3. The van der Waals surface area contributed by atoms with Gasteiger partial charge in [-0.25, -0.2) is 0 Å². The Balaban J connectivity index is 1.73. The first-order chi connectivity index (χ1) is 17.8. The lowest BCUT2D eigenvalue weighted by Gasteiger charge is -2.26. The molecule has 1 fully saturated rings. The SMILES string of the molecule is CC(C)c1ccc(C2/C(=C(/O)c3cccc4ccccc34)C(=O)C(=O)N2c2ccc(N(C)C)cc2)cc1. The Bertz CT molecular complexity index is 1510. The standard InChI is InChI=1S/C32H30N2O3/c1-20(2)21-12-14-23(15-13-21)29-28(30(35)27-11-7-9-22-8-5-6-10-26(22)27)31(36)32(37)34(29)25-18-16-24(17-19-25)33(3)4/h5-20,29,35H,1-4H3/b30-28-. The summed E-state index contributed by atoms with van der Waals surface area (Å²) >= 11 is 0. The molecule has 4 aromatic rings. The van der Waals surface area contributed by atoms with Crippen LogP contribution in [0.2, 0.25) is 0 Å². The summed E-state index contributed by atoms with van der Waals surface area (Å²) < 4.78 is 0. The lowest BCUT2D eigenvalue weighted by Crippen LogP contribution is -2.29. The van der Waals surface area contributed by atoms with E-state index < -0.39 is 17.7 Å². The zero-order valence-corrected chi connectivity index (χ0v) is 21.5. The summed E-state index contributed by atoms with van der Waals surface area (Å²) in [5.41, 5.74) is 4.13. The molecular weight excluding hydrogens is 460 g/mol. The van der Waals surface area contributed by atoms with Crippen molar-refractivity contribution in [3.63, 3.8) is 0 Å². The van der Waals surface area contributed by atoms with Crippen molar-refractivity contribution in [2.75, 3.05) is 23.9 Å². The quantitative estimate of drug-likeness (QED) is 0.193. The van der Waals surface area contributed by atoms with E-state index in [1.54, 1.807) is 6.07 Å². The predicted molar refractivity (Wildman–Crippen MR) is 150 cm³/mol. The molecule has 5 heteroatoms. The molecule has 186 valence electrons. The van der Waals surface area contributed by atoms with E-state index in [-0.39, 0.29) is 11.3 Å². The number of ketones is 1. The van der Waals surface area contributed by atoms with E-state index in [2.05, 4.69) is 13.8 Å². The minimum absolute atomic E-state index is 0.0929. The van der Waals surface area contributed by atoms with Crippen LogP contribution in [0.15, 0.2) is 96.6 Å². The van der Waals surface area contributed by atoms with Crippen molar-refractivity contribution < 1.29 is 14.7 Å². The van der Waals surface area contributed by atoms with Gasteiger partial charge in [0.2, 0.25) is 0 Å². The average molecular weight is 491 g/mol. The number of fused-ring (bicyclic) bond motifs is 1. The van der Waals surface area contributed by atoms with E-state index in [0.29, 0.717) is 17.2 Å². The molecule has 1 saturated heterocycles. The zero-order chi connectivity index (χ0) is 26.3. The van der Waals surface area contributed by atoms with Crippen molar-refractivity contribution in [1.82, 2.24) is 0 Å². The molecule has 4 aromatic carbocycles. The van der Waals surface area contributed by atoms with Crippen LogP contribution in [-0.4, -0.2) is 30.9 Å². The molecule has 0 saturated carbocycles. The molecule has 1 atom stereocenters. The number of rotatable bonds is 5. The molecule has 0 aromatic heterocycles. The summed E-state index contributed by atoms with van der Waals surface area (Å²) in [7, 11) is 3.89. The highest BCUT2D eigenvalue weighted by molar-refractivity contribution is 6.51. The Kier molecular flexibility index (Phi) is 6.30. The molecule has 1 N–H and O–H groups in total. The highest BCUT2D eigenvalue weighted by Crippen LogP contribution is 2.43. The number of amides is 1. The van der Waals surface area contributed by atoms with Crippen molar-refractivity contribution in [2.24, 2.45) is 0 Å². The van der Waals surface area contributed by atoms with Crippen molar-refractivity contribution in [1.29, 1.82) is 0 Å². The lowest BCUT2D eigenvalue weighted by molar-refractivity contribution is -0.132. The number of anilines is 2. The summed E-state index contributed by atoms with van der Waals surface area (Å²) in [4.78, 5) is 30.5. The van der Waals surface area contributed by atoms with Gasteiger partial charge in [0, 0.05) is 31.0 Å². The van der Waals surface area contributed by atoms with Gasteiger partial charge in [-0.05, 0) is 52.1 Å². The van der Waals surface area contributed by atoms with Gasteiger partial charge in [-0.2, -0.15) is 0 Å². The van der Waals surface area contributed by atoms with E-state index in [0.717, 1.165) is 27.6 Å². The van der Waals surface area contributed by atoms with E-state index in [9.17, 15) is 14.7 Å². The van der Waals surface area contributed by atoms with Crippen LogP contribution in [0, 0.1) is 0 Å². The summed E-state index contributed by atoms with van der Waals surface area (Å²) in [6, 6.07) is 28.0. The van der Waals surface area contributed by atoms with E-state index >= 15 is 0 Å². The second-order valence-electron chi connectivity index (χ2n) is 9.93. The zero-order valence-electron chi connectivity index (χ0n) is 21.5. The fraction of sp³-hybridized carbons (Fsp3) is 0.188. The van der Waals surface area contributed by atoms with Crippen LogP contribution < -0.4 is 9.80 Å². The summed E-state index contributed by atoms with van der Waals surface area (Å²) in [5.74, 6) is -1.17. The molecule has 0 aliphatic carbocycles. The van der Waals surface area contributed by atoms with Crippen LogP contribution in [0.4, 0.5) is 11.4 Å². The van der Waals surface area contributed by atoms with Gasteiger partial charge in [-0.1, -0.05) is 80.6 Å². The number of benzene rings is 4. The number of carbonyl (C=O) groups is 2. The third-order valence-corrected chi connectivity index (χ3v) is 7.05. The number of aliphatic hydroxyl groups excluding tert-OH is 1. The third-order valence-electron chi connectivity index (χ3n) is 7.05. The van der Waals surface area contributed by atoms with Gasteiger partial charge in [-0.15, -0.1) is 0 Å². The first-order valence-electron chi connectivity index (χ1n) is 12.4. The largest absolute Gasteiger partial charge is 0.507 e. The average Bonchev–Trinajstić information content (AvgIpc) is 3.18. The molecule has 1 heterocycles. The number of Topliss-reactive ketones (excluding diaryl/α,β-unsaturated/α-hetero) is 1. The number of hydrogen-bond donors (Lipinski definition) is 1. The summed E-state index contributed by atoms with van der Waals surface area (Å²) in [6.07, 6.45) is 0. The van der Waals surface area contributed by atoms with Gasteiger partial charge in [-0.3, -0.25) is 14.5 Å². The van der Waals surface area contributed by atoms with Gasteiger partial charge < -0.3 is 10.0 Å². The third kappa shape index (κ3) is 4.27. The van der Waals surface area contributed by atoms with Gasteiger partial charge in [0.1, 0.15) is 5.76 Å². The molecule has 37 heavy (non-hydrogen) atoms. The van der Waals surface area contributed by atoms with E-state index in [1.807, 2.05) is 104 Å². The molecule has 5 rings (SSSR count). The number of aliphatic hydroxyl groups is 1. The van der Waals surface area contributed by atoms with Crippen molar-refractivity contribution >= 4 is 39.6 Å². The maximum absolute atomic E-state index is 13.6. The molecular formula is C32H30N2O3. The van der Waals surface area contributed by atoms with E-state index in [4.69, 9.17) is 0 Å². The first kappa shape index (κ1) is 24.3. The topological polar surface area (TPSA) is 60.9 Å². The van der Waals surface area contributed by atoms with Gasteiger partial charge in [0.15, 0.2) is 0 Å². The number of nitrogens with zero attached hydrogens (tertiary/aromatic N) is 2. The Morgan fingerprint density at radius 2 is 1.49 bits per heavy atom. The molecule has 1 amide bonds. The summed E-state index contributed by atoms with van der Waals surface area (Å²) in [5, 5.41) is 13.4. The van der Waals surface area contributed by atoms with Crippen LogP contribution in [0.5, 0.6) is 0 Å². The normalized spacial score (nSPS) is 17.1. The van der Waals surface area contributed by atoms with Gasteiger partial charge in [0.05, 0.1) is 11.6 Å². The molecule has 1 unspecified atom stereocenters. The number of hydrogen-bond acceptors (Lipinski definition) is 4. The second kappa shape index (κ2) is 9.58. The fourth-order valence-corrected chi connectivity index (χ4v) is 4.97. The molecule has 5 nitrogen and oxygen atoms in total. The highest BCUT2D eigenvalue weighted by Gasteiger charge is 2.47.